The zero-order valence-corrected chi connectivity index (χ0v) is 17.8. The summed E-state index contributed by atoms with van der Waals surface area (Å²) in [6.07, 6.45) is 0. The van der Waals surface area contributed by atoms with Gasteiger partial charge >= 0.3 is 0 Å². The van der Waals surface area contributed by atoms with E-state index in [0.29, 0.717) is 33.7 Å². The normalized spacial score (nSPS) is 10.7. The first-order chi connectivity index (χ1) is 15.6. The minimum atomic E-state index is -0.376. The van der Waals surface area contributed by atoms with E-state index in [9.17, 15) is 14.3 Å². The number of anilines is 1. The van der Waals surface area contributed by atoms with Crippen LogP contribution < -0.4 is 10.1 Å². The molecule has 2 N–H and O–H groups in total. The molecule has 4 rings (SSSR count). The van der Waals surface area contributed by atoms with Gasteiger partial charge in [-0.1, -0.05) is 36.0 Å². The molecule has 0 atom stereocenters. The number of hydrogen-bond donors (Lipinski definition) is 2. The van der Waals surface area contributed by atoms with Gasteiger partial charge in [-0.2, -0.15) is 0 Å². The van der Waals surface area contributed by atoms with Crippen LogP contribution in [-0.4, -0.2) is 38.6 Å². The largest absolute Gasteiger partial charge is 0.507 e. The van der Waals surface area contributed by atoms with E-state index >= 15 is 0 Å². The molecule has 0 saturated carbocycles. The molecule has 1 aromatic heterocycles. The molecule has 0 aliphatic rings. The highest BCUT2D eigenvalue weighted by Gasteiger charge is 2.21. The van der Waals surface area contributed by atoms with Gasteiger partial charge in [-0.3, -0.25) is 9.36 Å². The highest BCUT2D eigenvalue weighted by molar-refractivity contribution is 7.99. The third-order valence-corrected chi connectivity index (χ3v) is 5.49. The molecule has 1 amide bonds. The van der Waals surface area contributed by atoms with Crippen LogP contribution in [-0.2, 0) is 4.79 Å². The van der Waals surface area contributed by atoms with Crippen LogP contribution in [0.2, 0.25) is 0 Å². The van der Waals surface area contributed by atoms with Crippen LogP contribution in [0.25, 0.3) is 17.1 Å². The molecule has 0 radical (unpaired) electrons. The number of phenolic OH excluding ortho intramolecular Hbond substituents is 1. The van der Waals surface area contributed by atoms with Crippen molar-refractivity contribution in [2.45, 2.75) is 5.16 Å². The summed E-state index contributed by atoms with van der Waals surface area (Å²) in [4.78, 5) is 12.4. The molecular formula is C23H19FN4O3S. The second kappa shape index (κ2) is 9.52. The number of thioether (sulfide) groups is 1. The Morgan fingerprint density at radius 3 is 2.53 bits per heavy atom. The second-order valence-electron chi connectivity index (χ2n) is 6.67. The molecule has 0 saturated heterocycles. The van der Waals surface area contributed by atoms with Crippen molar-refractivity contribution < 1.29 is 19.0 Å². The third kappa shape index (κ3) is 4.57. The van der Waals surface area contributed by atoms with Crippen LogP contribution in [0.3, 0.4) is 0 Å². The third-order valence-electron chi connectivity index (χ3n) is 4.56. The average Bonchev–Trinajstić information content (AvgIpc) is 3.23. The van der Waals surface area contributed by atoms with E-state index in [-0.39, 0.29) is 23.2 Å². The van der Waals surface area contributed by atoms with Crippen LogP contribution >= 0.6 is 11.8 Å². The summed E-state index contributed by atoms with van der Waals surface area (Å²) < 4.78 is 20.3. The van der Waals surface area contributed by atoms with Gasteiger partial charge < -0.3 is 15.2 Å². The number of benzene rings is 3. The second-order valence-corrected chi connectivity index (χ2v) is 7.62. The van der Waals surface area contributed by atoms with Crippen molar-refractivity contribution in [2.24, 2.45) is 0 Å². The molecule has 32 heavy (non-hydrogen) atoms. The molecule has 3 aromatic carbocycles. The van der Waals surface area contributed by atoms with Crippen molar-refractivity contribution in [1.82, 2.24) is 14.8 Å². The number of aromatic hydroxyl groups is 1. The predicted octanol–water partition coefficient (Wildman–Crippen LogP) is 4.52. The van der Waals surface area contributed by atoms with Gasteiger partial charge in [0.25, 0.3) is 0 Å². The van der Waals surface area contributed by atoms with Gasteiger partial charge in [0, 0.05) is 5.69 Å². The maximum atomic E-state index is 13.1. The van der Waals surface area contributed by atoms with Crippen molar-refractivity contribution >= 4 is 23.4 Å². The van der Waals surface area contributed by atoms with Crippen molar-refractivity contribution in [3.05, 3.63) is 78.6 Å². The molecule has 162 valence electrons. The number of halogens is 1. The van der Waals surface area contributed by atoms with Crippen LogP contribution in [0.4, 0.5) is 10.1 Å². The van der Waals surface area contributed by atoms with Crippen LogP contribution in [0.5, 0.6) is 11.5 Å². The Morgan fingerprint density at radius 1 is 1.06 bits per heavy atom. The quantitative estimate of drug-likeness (QED) is 0.403. The molecule has 1 heterocycles. The summed E-state index contributed by atoms with van der Waals surface area (Å²) in [5.74, 6) is 0.447. The number of phenols is 1. The first kappa shape index (κ1) is 21.4. The zero-order chi connectivity index (χ0) is 22.5. The smallest absolute Gasteiger partial charge is 0.234 e. The van der Waals surface area contributed by atoms with Crippen LogP contribution in [0.15, 0.2) is 78.0 Å². The molecule has 7 nitrogen and oxygen atoms in total. The summed E-state index contributed by atoms with van der Waals surface area (Å²) in [7, 11) is 1.56. The van der Waals surface area contributed by atoms with Gasteiger partial charge in [0.05, 0.1) is 24.1 Å². The van der Waals surface area contributed by atoms with E-state index < -0.39 is 0 Å². The molecule has 0 unspecified atom stereocenters. The van der Waals surface area contributed by atoms with Crippen molar-refractivity contribution in [1.29, 1.82) is 0 Å². The topological polar surface area (TPSA) is 89.3 Å². The van der Waals surface area contributed by atoms with Gasteiger partial charge in [0.1, 0.15) is 17.3 Å². The Bertz CT molecular complexity index is 1240. The lowest BCUT2D eigenvalue weighted by Crippen LogP contribution is -2.14. The Hall–Kier alpha value is -3.85. The number of amides is 1. The fourth-order valence-electron chi connectivity index (χ4n) is 3.09. The number of rotatable bonds is 7. The maximum Gasteiger partial charge on any atom is 0.234 e. The predicted molar refractivity (Wildman–Crippen MR) is 121 cm³/mol. The Morgan fingerprint density at radius 2 is 1.78 bits per heavy atom. The number of ether oxygens (including phenoxy) is 1. The lowest BCUT2D eigenvalue weighted by Gasteiger charge is -2.14. The number of nitrogens with zero attached hydrogens (tertiary/aromatic N) is 3. The molecule has 4 aromatic rings. The maximum absolute atomic E-state index is 13.1. The van der Waals surface area contributed by atoms with Gasteiger partial charge in [-0.05, 0) is 48.5 Å². The van der Waals surface area contributed by atoms with Gasteiger partial charge in [0.2, 0.25) is 5.91 Å². The first-order valence-electron chi connectivity index (χ1n) is 9.62. The van der Waals surface area contributed by atoms with Gasteiger partial charge in [0.15, 0.2) is 11.0 Å². The summed E-state index contributed by atoms with van der Waals surface area (Å²) in [6, 6.07) is 19.7. The minimum Gasteiger partial charge on any atom is -0.507 e. The minimum absolute atomic E-state index is 0.0471. The van der Waals surface area contributed by atoms with Gasteiger partial charge in [-0.25, -0.2) is 4.39 Å². The van der Waals surface area contributed by atoms with Crippen LogP contribution in [0.1, 0.15) is 0 Å². The number of carbonyl (C=O) groups excluding carboxylic acids is 1. The SMILES string of the molecule is COc1ccccc1-n1c(SCC(=O)Nc2ccc(F)cc2)nnc1-c1ccccc1O. The fourth-order valence-corrected chi connectivity index (χ4v) is 3.84. The van der Waals surface area contributed by atoms with Crippen molar-refractivity contribution in [2.75, 3.05) is 18.2 Å². The Labute approximate surface area is 187 Å². The van der Waals surface area contributed by atoms with E-state index in [0.717, 1.165) is 0 Å². The summed E-state index contributed by atoms with van der Waals surface area (Å²) >= 11 is 1.18. The number of hydrogen-bond acceptors (Lipinski definition) is 6. The standard InChI is InChI=1S/C23H19FN4O3S/c1-31-20-9-5-3-7-18(20)28-22(17-6-2-4-8-19(17)29)26-27-23(28)32-14-21(30)25-16-12-10-15(24)11-13-16/h2-13,29H,14H2,1H3,(H,25,30). The Balaban J connectivity index is 1.65. The molecular weight excluding hydrogens is 431 g/mol. The number of nitrogens with one attached hydrogen (secondary N) is 1. The molecule has 9 heteroatoms. The Kier molecular flexibility index (Phi) is 6.37. The van der Waals surface area contributed by atoms with Gasteiger partial charge in [-0.15, -0.1) is 10.2 Å². The molecule has 0 fully saturated rings. The number of aromatic nitrogens is 3. The summed E-state index contributed by atoms with van der Waals surface area (Å²) in [5.41, 5.74) is 1.66. The average molecular weight is 450 g/mol. The van der Waals surface area contributed by atoms with E-state index in [2.05, 4.69) is 15.5 Å². The first-order valence-corrected chi connectivity index (χ1v) is 10.6. The molecule has 0 spiro atoms. The number of para-hydroxylation sites is 3. The molecule has 0 aliphatic carbocycles. The lowest BCUT2D eigenvalue weighted by atomic mass is 10.2. The lowest BCUT2D eigenvalue weighted by molar-refractivity contribution is -0.113. The van der Waals surface area contributed by atoms with Crippen molar-refractivity contribution in [3.8, 4) is 28.6 Å². The number of methoxy groups -OCH3 is 1. The highest BCUT2D eigenvalue weighted by Crippen LogP contribution is 2.35. The van der Waals surface area contributed by atoms with Crippen LogP contribution in [0, 0.1) is 5.82 Å². The molecule has 0 bridgehead atoms. The van der Waals surface area contributed by atoms with E-state index in [1.165, 1.54) is 36.0 Å². The number of carbonyl (C=O) groups is 1. The zero-order valence-electron chi connectivity index (χ0n) is 17.0. The highest BCUT2D eigenvalue weighted by atomic mass is 32.2. The fraction of sp³-hybridized carbons (Fsp3) is 0.0870. The summed E-state index contributed by atoms with van der Waals surface area (Å²) in [6.45, 7) is 0. The monoisotopic (exact) mass is 450 g/mol. The van der Waals surface area contributed by atoms with E-state index in [1.54, 1.807) is 42.0 Å². The molecule has 0 aliphatic heterocycles. The summed E-state index contributed by atoms with van der Waals surface area (Å²) in [5, 5.41) is 22.1. The van der Waals surface area contributed by atoms with Crippen molar-refractivity contribution in [3.63, 3.8) is 0 Å². The van der Waals surface area contributed by atoms with E-state index in [1.807, 2.05) is 18.2 Å². The van der Waals surface area contributed by atoms with E-state index in [4.69, 9.17) is 4.74 Å².